The monoisotopic (exact) mass is 325 g/mol. The summed E-state index contributed by atoms with van der Waals surface area (Å²) in [7, 11) is 0. The molecule has 4 rings (SSSR count). The van der Waals surface area contributed by atoms with Crippen LogP contribution < -0.4 is 5.32 Å². The molecule has 1 N–H and O–H groups in total. The van der Waals surface area contributed by atoms with Gasteiger partial charge in [0.15, 0.2) is 0 Å². The Hall–Kier alpha value is -0.0500. The van der Waals surface area contributed by atoms with E-state index >= 15 is 0 Å². The lowest BCUT2D eigenvalue weighted by atomic mass is 9.85. The van der Waals surface area contributed by atoms with Gasteiger partial charge < -0.3 is 5.32 Å². The van der Waals surface area contributed by atoms with E-state index < -0.39 is 0 Å². The van der Waals surface area contributed by atoms with Crippen LogP contribution in [-0.4, -0.2) is 17.3 Å². The van der Waals surface area contributed by atoms with E-state index in [-0.39, 0.29) is 0 Å². The largest absolute Gasteiger partial charge is 0.353 e. The predicted molar refractivity (Wildman–Crippen MR) is 79.0 cm³/mol. The molecule has 0 spiro atoms. The van der Waals surface area contributed by atoms with E-state index in [1.54, 1.807) is 0 Å². The summed E-state index contributed by atoms with van der Waals surface area (Å²) in [6.45, 7) is 0. The van der Waals surface area contributed by atoms with Crippen LogP contribution >= 0.6 is 15.9 Å². The van der Waals surface area contributed by atoms with Crippen LogP contribution in [0.5, 0.6) is 0 Å². The summed E-state index contributed by atoms with van der Waals surface area (Å²) < 4.78 is 0. The van der Waals surface area contributed by atoms with Crippen molar-refractivity contribution in [3.05, 3.63) is 0 Å². The quantitative estimate of drug-likeness (QED) is 0.792. The van der Waals surface area contributed by atoms with Crippen LogP contribution in [0.15, 0.2) is 0 Å². The van der Waals surface area contributed by atoms with Crippen molar-refractivity contribution in [2.75, 3.05) is 5.33 Å². The summed E-state index contributed by atoms with van der Waals surface area (Å²) in [5.41, 5.74) is 0. The van der Waals surface area contributed by atoms with Crippen molar-refractivity contribution in [3.8, 4) is 0 Å². The smallest absolute Gasteiger partial charge is 0.223 e. The van der Waals surface area contributed by atoms with Crippen LogP contribution in [-0.2, 0) is 4.79 Å². The number of hydrogen-bond acceptors (Lipinski definition) is 1. The van der Waals surface area contributed by atoms with Crippen molar-refractivity contribution in [1.29, 1.82) is 0 Å². The lowest BCUT2D eigenvalue weighted by molar-refractivity contribution is -0.124. The van der Waals surface area contributed by atoms with Crippen molar-refractivity contribution >= 4 is 21.8 Å². The second-order valence-corrected chi connectivity index (χ2v) is 7.98. The highest BCUT2D eigenvalue weighted by atomic mass is 79.9. The molecule has 2 nitrogen and oxygen atoms in total. The van der Waals surface area contributed by atoms with Crippen molar-refractivity contribution < 1.29 is 4.79 Å². The number of carbonyl (C=O) groups is 1. The first kappa shape index (κ1) is 12.7. The zero-order valence-electron chi connectivity index (χ0n) is 11.5. The summed E-state index contributed by atoms with van der Waals surface area (Å²) in [6.07, 6.45) is 9.34. The minimum Gasteiger partial charge on any atom is -0.353 e. The average Bonchev–Trinajstić information content (AvgIpc) is 2.88. The highest BCUT2D eigenvalue weighted by Gasteiger charge is 2.67. The molecule has 0 aliphatic heterocycles. The van der Waals surface area contributed by atoms with Crippen molar-refractivity contribution in [2.45, 2.75) is 51.0 Å². The molecule has 19 heavy (non-hydrogen) atoms. The van der Waals surface area contributed by atoms with Crippen LogP contribution in [0.1, 0.15) is 44.9 Å². The molecule has 4 saturated carbocycles. The Balaban J connectivity index is 1.37. The Labute approximate surface area is 124 Å². The number of fused-ring (bicyclic) bond motifs is 5. The molecule has 0 radical (unpaired) electrons. The zero-order chi connectivity index (χ0) is 13.0. The second-order valence-electron chi connectivity index (χ2n) is 7.33. The topological polar surface area (TPSA) is 29.1 Å². The minimum absolute atomic E-state index is 0.407. The normalized spacial score (nSPS) is 50.9. The molecule has 0 aromatic carbocycles. The van der Waals surface area contributed by atoms with Gasteiger partial charge in [-0.05, 0) is 61.7 Å². The van der Waals surface area contributed by atoms with Crippen LogP contribution in [0.3, 0.4) is 0 Å². The Morgan fingerprint density at radius 1 is 1.05 bits per heavy atom. The predicted octanol–water partition coefficient (Wildman–Crippen LogP) is 3.35. The van der Waals surface area contributed by atoms with Gasteiger partial charge in [0, 0.05) is 17.3 Å². The lowest BCUT2D eigenvalue weighted by Gasteiger charge is -2.31. The molecule has 2 bridgehead atoms. The van der Waals surface area contributed by atoms with Crippen molar-refractivity contribution in [3.63, 3.8) is 0 Å². The number of hydrogen-bond donors (Lipinski definition) is 1. The molecule has 0 aromatic heterocycles. The molecule has 0 heterocycles. The summed E-state index contributed by atoms with van der Waals surface area (Å²) in [5.74, 6) is 4.85. The number of nitrogens with one attached hydrogen (secondary N) is 1. The third-order valence-corrected chi connectivity index (χ3v) is 7.30. The van der Waals surface area contributed by atoms with E-state index in [4.69, 9.17) is 0 Å². The van der Waals surface area contributed by atoms with Gasteiger partial charge >= 0.3 is 0 Å². The number of halogens is 1. The molecule has 4 aliphatic carbocycles. The van der Waals surface area contributed by atoms with E-state index in [1.807, 2.05) is 0 Å². The van der Waals surface area contributed by atoms with Crippen LogP contribution in [0, 0.1) is 35.5 Å². The summed E-state index contributed by atoms with van der Waals surface area (Å²) >= 11 is 3.62. The van der Waals surface area contributed by atoms with Crippen molar-refractivity contribution in [1.82, 2.24) is 5.32 Å². The molecular formula is C16H24BrNO. The van der Waals surface area contributed by atoms with Gasteiger partial charge in [0.2, 0.25) is 5.91 Å². The lowest BCUT2D eigenvalue weighted by Crippen LogP contribution is -2.44. The Morgan fingerprint density at radius 3 is 2.42 bits per heavy atom. The van der Waals surface area contributed by atoms with Crippen LogP contribution in [0.2, 0.25) is 0 Å². The molecule has 4 aliphatic rings. The zero-order valence-corrected chi connectivity index (χ0v) is 13.1. The summed E-state index contributed by atoms with van der Waals surface area (Å²) in [4.78, 5) is 12.5. The fraction of sp³-hybridized carbons (Fsp3) is 0.938. The van der Waals surface area contributed by atoms with Gasteiger partial charge in [-0.15, -0.1) is 0 Å². The molecule has 106 valence electrons. The fourth-order valence-electron chi connectivity index (χ4n) is 5.54. The molecule has 0 aromatic rings. The van der Waals surface area contributed by atoms with Gasteiger partial charge in [-0.1, -0.05) is 28.8 Å². The van der Waals surface area contributed by atoms with Gasteiger partial charge in [-0.25, -0.2) is 0 Å². The summed E-state index contributed by atoms with van der Waals surface area (Å²) in [6, 6.07) is 0.444. The molecule has 6 atom stereocenters. The molecular weight excluding hydrogens is 302 g/mol. The highest BCUT2D eigenvalue weighted by molar-refractivity contribution is 9.09. The molecule has 1 amide bonds. The third kappa shape index (κ3) is 1.99. The number of alkyl halides is 1. The third-order valence-electron chi connectivity index (χ3n) is 6.47. The maximum atomic E-state index is 12.5. The first-order valence-corrected chi connectivity index (χ1v) is 9.28. The second kappa shape index (κ2) is 4.75. The first-order chi connectivity index (χ1) is 9.29. The Kier molecular flexibility index (Phi) is 3.17. The number of amides is 1. The Morgan fingerprint density at radius 2 is 1.74 bits per heavy atom. The number of rotatable bonds is 3. The van der Waals surface area contributed by atoms with E-state index in [1.165, 1.54) is 44.9 Å². The highest BCUT2D eigenvalue weighted by Crippen LogP contribution is 2.69. The van der Waals surface area contributed by atoms with Gasteiger partial charge in [-0.3, -0.25) is 4.79 Å². The maximum absolute atomic E-state index is 12.5. The van der Waals surface area contributed by atoms with E-state index in [9.17, 15) is 4.79 Å². The van der Waals surface area contributed by atoms with Crippen molar-refractivity contribution in [2.24, 2.45) is 35.5 Å². The van der Waals surface area contributed by atoms with Crippen LogP contribution in [0.4, 0.5) is 0 Å². The SMILES string of the molecule is O=C(NC1CCCCC1CBr)C1C2C3CCC(C3)C12. The van der Waals surface area contributed by atoms with Gasteiger partial charge in [0.25, 0.3) is 0 Å². The first-order valence-electron chi connectivity index (χ1n) is 8.16. The van der Waals surface area contributed by atoms with Gasteiger partial charge in [-0.2, -0.15) is 0 Å². The molecule has 3 heteroatoms. The fourth-order valence-corrected chi connectivity index (χ4v) is 6.31. The van der Waals surface area contributed by atoms with Gasteiger partial charge in [0.05, 0.1) is 0 Å². The van der Waals surface area contributed by atoms with Crippen LogP contribution in [0.25, 0.3) is 0 Å². The molecule has 0 saturated heterocycles. The summed E-state index contributed by atoms with van der Waals surface area (Å²) in [5, 5.41) is 4.45. The van der Waals surface area contributed by atoms with E-state index in [0.29, 0.717) is 23.8 Å². The standard InChI is InChI=1S/C16H24BrNO/c17-8-11-3-1-2-4-12(11)18-16(19)15-13-9-5-6-10(7-9)14(13)15/h9-15H,1-8H2,(H,18,19). The van der Waals surface area contributed by atoms with Gasteiger partial charge in [0.1, 0.15) is 0 Å². The van der Waals surface area contributed by atoms with E-state index in [0.717, 1.165) is 29.0 Å². The number of carbonyl (C=O) groups excluding carboxylic acids is 1. The van der Waals surface area contributed by atoms with E-state index in [2.05, 4.69) is 21.2 Å². The maximum Gasteiger partial charge on any atom is 0.223 e. The molecule has 4 fully saturated rings. The molecule has 6 unspecified atom stereocenters. The average molecular weight is 326 g/mol. The Bertz CT molecular complexity index is 369. The minimum atomic E-state index is 0.407.